The third kappa shape index (κ3) is 3.69. The molecule has 0 radical (unpaired) electrons. The van der Waals surface area contributed by atoms with Crippen LogP contribution in [0.4, 0.5) is 0 Å². The van der Waals surface area contributed by atoms with Crippen LogP contribution in [0.1, 0.15) is 18.4 Å². The summed E-state index contributed by atoms with van der Waals surface area (Å²) in [5, 5.41) is 10.7. The third-order valence-electron chi connectivity index (χ3n) is 4.30. The minimum absolute atomic E-state index is 0.0545. The highest BCUT2D eigenvalue weighted by Gasteiger charge is 2.30. The van der Waals surface area contributed by atoms with Crippen molar-refractivity contribution in [2.45, 2.75) is 31.3 Å². The van der Waals surface area contributed by atoms with Gasteiger partial charge < -0.3 is 16.0 Å². The SMILES string of the molecule is O=C(NCCCc1ccccc1Cl)C1=CCC2CNCC1N2. The highest BCUT2D eigenvalue weighted by molar-refractivity contribution is 6.31. The Balaban J connectivity index is 1.46. The van der Waals surface area contributed by atoms with E-state index in [9.17, 15) is 4.79 Å². The fourth-order valence-corrected chi connectivity index (χ4v) is 3.33. The van der Waals surface area contributed by atoms with Crippen LogP contribution >= 0.6 is 11.6 Å². The van der Waals surface area contributed by atoms with Crippen LogP contribution in [0.15, 0.2) is 35.9 Å². The Morgan fingerprint density at radius 3 is 3.05 bits per heavy atom. The van der Waals surface area contributed by atoms with Gasteiger partial charge in [0.1, 0.15) is 0 Å². The maximum atomic E-state index is 12.3. The van der Waals surface area contributed by atoms with Crippen molar-refractivity contribution in [3.8, 4) is 0 Å². The van der Waals surface area contributed by atoms with Gasteiger partial charge in [-0.25, -0.2) is 0 Å². The van der Waals surface area contributed by atoms with E-state index in [1.54, 1.807) is 0 Å². The molecular weight excluding hydrogens is 298 g/mol. The van der Waals surface area contributed by atoms with Gasteiger partial charge in [0.05, 0.1) is 6.04 Å². The molecule has 1 saturated heterocycles. The lowest BCUT2D eigenvalue weighted by molar-refractivity contribution is -0.118. The molecule has 2 aliphatic heterocycles. The van der Waals surface area contributed by atoms with Gasteiger partial charge >= 0.3 is 0 Å². The van der Waals surface area contributed by atoms with Crippen molar-refractivity contribution in [3.63, 3.8) is 0 Å². The van der Waals surface area contributed by atoms with E-state index >= 15 is 0 Å². The molecule has 2 unspecified atom stereocenters. The molecule has 2 aliphatic rings. The molecule has 1 fully saturated rings. The number of rotatable bonds is 5. The molecule has 0 spiro atoms. The molecular formula is C17H22ClN3O. The van der Waals surface area contributed by atoms with Gasteiger partial charge in [0.25, 0.3) is 0 Å². The quantitative estimate of drug-likeness (QED) is 0.723. The lowest BCUT2D eigenvalue weighted by atomic mass is 9.94. The first-order valence-electron chi connectivity index (χ1n) is 7.92. The number of hydrogen-bond acceptors (Lipinski definition) is 3. The summed E-state index contributed by atoms with van der Waals surface area (Å²) in [7, 11) is 0. The smallest absolute Gasteiger partial charge is 0.248 e. The van der Waals surface area contributed by atoms with E-state index in [1.807, 2.05) is 24.3 Å². The maximum Gasteiger partial charge on any atom is 0.248 e. The van der Waals surface area contributed by atoms with Crippen LogP contribution < -0.4 is 16.0 Å². The van der Waals surface area contributed by atoms with Gasteiger partial charge in [-0.3, -0.25) is 4.79 Å². The van der Waals surface area contributed by atoms with Gasteiger partial charge in [-0.15, -0.1) is 0 Å². The standard InChI is InChI=1S/C17H22ClN3O/c18-15-6-2-1-4-12(15)5-3-9-20-17(22)14-8-7-13-10-19-11-16(14)21-13/h1-2,4,6,8,13,16,19,21H,3,5,7,9-11H2,(H,20,22). The van der Waals surface area contributed by atoms with Crippen LogP contribution in [0, 0.1) is 0 Å². The van der Waals surface area contributed by atoms with E-state index in [-0.39, 0.29) is 11.9 Å². The van der Waals surface area contributed by atoms with Gasteiger partial charge in [0.2, 0.25) is 5.91 Å². The summed E-state index contributed by atoms with van der Waals surface area (Å²) in [6.45, 7) is 2.49. The van der Waals surface area contributed by atoms with E-state index in [0.29, 0.717) is 12.6 Å². The average molecular weight is 320 g/mol. The maximum absolute atomic E-state index is 12.3. The molecule has 0 aliphatic carbocycles. The van der Waals surface area contributed by atoms with E-state index in [4.69, 9.17) is 11.6 Å². The number of amides is 1. The number of fused-ring (bicyclic) bond motifs is 2. The van der Waals surface area contributed by atoms with E-state index < -0.39 is 0 Å². The highest BCUT2D eigenvalue weighted by atomic mass is 35.5. The summed E-state index contributed by atoms with van der Waals surface area (Å²) < 4.78 is 0. The van der Waals surface area contributed by atoms with Gasteiger partial charge in [-0.1, -0.05) is 35.9 Å². The molecule has 5 heteroatoms. The van der Waals surface area contributed by atoms with Crippen molar-refractivity contribution < 1.29 is 4.79 Å². The monoisotopic (exact) mass is 319 g/mol. The van der Waals surface area contributed by atoms with Crippen LogP contribution in [0.5, 0.6) is 0 Å². The molecule has 4 nitrogen and oxygen atoms in total. The highest BCUT2D eigenvalue weighted by Crippen LogP contribution is 2.17. The summed E-state index contributed by atoms with van der Waals surface area (Å²) in [6.07, 6.45) is 4.79. The number of carbonyl (C=O) groups excluding carboxylic acids is 1. The molecule has 2 bridgehead atoms. The van der Waals surface area contributed by atoms with E-state index in [0.717, 1.165) is 48.5 Å². The summed E-state index contributed by atoms with van der Waals surface area (Å²) >= 11 is 6.13. The second-order valence-electron chi connectivity index (χ2n) is 5.92. The Morgan fingerprint density at radius 2 is 2.18 bits per heavy atom. The Kier molecular flexibility index (Phi) is 5.13. The molecule has 1 amide bonds. The zero-order chi connectivity index (χ0) is 15.4. The molecule has 3 rings (SSSR count). The first-order valence-corrected chi connectivity index (χ1v) is 8.30. The molecule has 22 heavy (non-hydrogen) atoms. The van der Waals surface area contributed by atoms with Gasteiger partial charge in [0, 0.05) is 36.3 Å². The van der Waals surface area contributed by atoms with Crippen molar-refractivity contribution in [2.75, 3.05) is 19.6 Å². The first kappa shape index (κ1) is 15.5. The summed E-state index contributed by atoms with van der Waals surface area (Å²) in [6, 6.07) is 8.48. The summed E-state index contributed by atoms with van der Waals surface area (Å²) in [5.41, 5.74) is 2.01. The Hall–Kier alpha value is -1.36. The van der Waals surface area contributed by atoms with Gasteiger partial charge in [-0.2, -0.15) is 0 Å². The number of aryl methyl sites for hydroxylation is 1. The number of hydrogen-bond donors (Lipinski definition) is 3. The van der Waals surface area contributed by atoms with E-state index in [2.05, 4.69) is 22.0 Å². The number of benzene rings is 1. The zero-order valence-corrected chi connectivity index (χ0v) is 13.3. The second kappa shape index (κ2) is 7.27. The van der Waals surface area contributed by atoms with E-state index in [1.165, 1.54) is 0 Å². The van der Waals surface area contributed by atoms with Crippen LogP contribution in [0.2, 0.25) is 5.02 Å². The van der Waals surface area contributed by atoms with Crippen LogP contribution in [-0.4, -0.2) is 37.6 Å². The lowest BCUT2D eigenvalue weighted by Gasteiger charge is -2.36. The summed E-state index contributed by atoms with van der Waals surface area (Å²) in [5.74, 6) is 0.0545. The van der Waals surface area contributed by atoms with Crippen molar-refractivity contribution >= 4 is 17.5 Å². The molecule has 1 aromatic rings. The first-order chi connectivity index (χ1) is 10.7. The Morgan fingerprint density at radius 1 is 1.32 bits per heavy atom. The Labute approximate surface area is 136 Å². The number of carbonyl (C=O) groups is 1. The zero-order valence-electron chi connectivity index (χ0n) is 12.6. The molecule has 1 aromatic carbocycles. The fourth-order valence-electron chi connectivity index (χ4n) is 3.10. The summed E-state index contributed by atoms with van der Waals surface area (Å²) in [4.78, 5) is 12.3. The minimum Gasteiger partial charge on any atom is -0.352 e. The third-order valence-corrected chi connectivity index (χ3v) is 4.67. The average Bonchev–Trinajstić information content (AvgIpc) is 2.53. The van der Waals surface area contributed by atoms with Crippen LogP contribution in [-0.2, 0) is 11.2 Å². The number of piperazine rings is 1. The van der Waals surface area contributed by atoms with Crippen LogP contribution in [0.25, 0.3) is 0 Å². The number of halogens is 1. The lowest BCUT2D eigenvalue weighted by Crippen LogP contribution is -2.58. The minimum atomic E-state index is 0.0545. The van der Waals surface area contributed by atoms with Gasteiger partial charge in [-0.05, 0) is 30.9 Å². The predicted octanol–water partition coefficient (Wildman–Crippen LogP) is 1.65. The predicted molar refractivity (Wildman–Crippen MR) is 89.1 cm³/mol. The second-order valence-corrected chi connectivity index (χ2v) is 6.33. The molecule has 0 saturated carbocycles. The fraction of sp³-hybridized carbons (Fsp3) is 0.471. The van der Waals surface area contributed by atoms with Crippen LogP contribution in [0.3, 0.4) is 0 Å². The largest absolute Gasteiger partial charge is 0.352 e. The molecule has 2 atom stereocenters. The van der Waals surface area contributed by atoms with Gasteiger partial charge in [0.15, 0.2) is 0 Å². The van der Waals surface area contributed by atoms with Crippen molar-refractivity contribution in [3.05, 3.63) is 46.5 Å². The van der Waals surface area contributed by atoms with Crippen molar-refractivity contribution in [2.24, 2.45) is 0 Å². The molecule has 3 N–H and O–H groups in total. The molecule has 118 valence electrons. The van der Waals surface area contributed by atoms with Crippen molar-refractivity contribution in [1.29, 1.82) is 0 Å². The molecule has 0 aromatic heterocycles. The molecule has 2 heterocycles. The number of nitrogens with one attached hydrogen (secondary N) is 3. The van der Waals surface area contributed by atoms with Crippen molar-refractivity contribution in [1.82, 2.24) is 16.0 Å². The topological polar surface area (TPSA) is 53.2 Å². The Bertz CT molecular complexity index is 573. The normalized spacial score (nSPS) is 23.8.